The lowest BCUT2D eigenvalue weighted by molar-refractivity contribution is 0.203. The second-order valence-corrected chi connectivity index (χ2v) is 8.16. The van der Waals surface area contributed by atoms with Crippen molar-refractivity contribution in [3.05, 3.63) is 107 Å². The molecule has 0 bridgehead atoms. The van der Waals surface area contributed by atoms with Crippen LogP contribution in [0.1, 0.15) is 30.0 Å². The number of urea groups is 1. The van der Waals surface area contributed by atoms with Crippen LogP contribution in [0, 0.1) is 5.82 Å². The van der Waals surface area contributed by atoms with E-state index in [0.717, 1.165) is 11.1 Å². The molecule has 1 aromatic heterocycles. The Morgan fingerprint density at radius 1 is 1.06 bits per heavy atom. The number of ether oxygens (including phenoxy) is 1. The predicted molar refractivity (Wildman–Crippen MR) is 129 cm³/mol. The van der Waals surface area contributed by atoms with Crippen LogP contribution in [0.2, 0.25) is 0 Å². The van der Waals surface area contributed by atoms with E-state index in [1.807, 2.05) is 61.5 Å². The van der Waals surface area contributed by atoms with Crippen molar-refractivity contribution in [1.82, 2.24) is 20.4 Å². The highest BCUT2D eigenvalue weighted by Gasteiger charge is 2.35. The summed E-state index contributed by atoms with van der Waals surface area (Å²) in [5.74, 6) is 0.977. The number of aromatic nitrogens is 2. The molecule has 1 unspecified atom stereocenters. The molecule has 3 aromatic carbocycles. The summed E-state index contributed by atoms with van der Waals surface area (Å²) < 4.78 is 24.6. The van der Waals surface area contributed by atoms with Gasteiger partial charge in [0, 0.05) is 11.3 Å². The number of carbonyl (C=O) groups excluding carboxylic acids is 1. The van der Waals surface area contributed by atoms with Gasteiger partial charge in [-0.3, -0.25) is 4.90 Å². The number of allylic oxidation sites excluding steroid dienone is 1. The topological polar surface area (TPSA) is 80.5 Å². The minimum absolute atomic E-state index is 0.267. The van der Waals surface area contributed by atoms with Gasteiger partial charge >= 0.3 is 6.03 Å². The molecule has 35 heavy (non-hydrogen) atoms. The Hall–Kier alpha value is -4.46. The summed E-state index contributed by atoms with van der Waals surface area (Å²) in [7, 11) is 1.59. The lowest BCUT2D eigenvalue weighted by Gasteiger charge is -2.35. The van der Waals surface area contributed by atoms with Gasteiger partial charge in [0.1, 0.15) is 11.6 Å². The van der Waals surface area contributed by atoms with E-state index in [1.54, 1.807) is 24.1 Å². The van der Waals surface area contributed by atoms with Crippen LogP contribution in [-0.2, 0) is 6.54 Å². The van der Waals surface area contributed by atoms with E-state index in [-0.39, 0.29) is 17.7 Å². The normalized spacial score (nSPS) is 15.8. The van der Waals surface area contributed by atoms with Gasteiger partial charge < -0.3 is 14.6 Å². The zero-order chi connectivity index (χ0) is 24.4. The van der Waals surface area contributed by atoms with Crippen LogP contribution < -0.4 is 10.1 Å². The number of rotatable bonds is 6. The molecule has 2 heterocycles. The van der Waals surface area contributed by atoms with Gasteiger partial charge in [-0.2, -0.15) is 4.98 Å². The fourth-order valence-electron chi connectivity index (χ4n) is 4.13. The molecule has 0 spiro atoms. The molecule has 1 aliphatic heterocycles. The molecule has 0 radical (unpaired) electrons. The van der Waals surface area contributed by atoms with Crippen LogP contribution in [0.5, 0.6) is 5.75 Å². The van der Waals surface area contributed by atoms with Crippen molar-refractivity contribution in [3.8, 4) is 17.1 Å². The smallest absolute Gasteiger partial charge is 0.322 e. The number of hydrogen-bond acceptors (Lipinski definition) is 5. The summed E-state index contributed by atoms with van der Waals surface area (Å²) in [4.78, 5) is 19.4. The molecule has 2 amide bonds. The maximum atomic E-state index is 13.6. The number of nitrogens with one attached hydrogen (secondary N) is 1. The average molecular weight is 471 g/mol. The Balaban J connectivity index is 1.59. The van der Waals surface area contributed by atoms with E-state index >= 15 is 0 Å². The maximum absolute atomic E-state index is 13.6. The van der Waals surface area contributed by atoms with Crippen molar-refractivity contribution in [2.45, 2.75) is 19.5 Å². The maximum Gasteiger partial charge on any atom is 0.322 e. The summed E-state index contributed by atoms with van der Waals surface area (Å²) in [6.45, 7) is 2.22. The molecule has 5 rings (SSSR count). The Morgan fingerprint density at radius 3 is 2.57 bits per heavy atom. The van der Waals surface area contributed by atoms with Crippen LogP contribution in [0.4, 0.5) is 9.18 Å². The Morgan fingerprint density at radius 2 is 1.83 bits per heavy atom. The highest BCUT2D eigenvalue weighted by molar-refractivity contribution is 5.86. The number of carbonyl (C=O) groups is 1. The summed E-state index contributed by atoms with van der Waals surface area (Å²) in [6.07, 6.45) is 0. The van der Waals surface area contributed by atoms with E-state index in [9.17, 15) is 9.18 Å². The first-order valence-electron chi connectivity index (χ1n) is 11.1. The van der Waals surface area contributed by atoms with Crippen molar-refractivity contribution in [3.63, 3.8) is 0 Å². The first kappa shape index (κ1) is 22.3. The number of benzene rings is 3. The van der Waals surface area contributed by atoms with Gasteiger partial charge in [0.05, 0.1) is 25.3 Å². The number of hydrogen-bond donors (Lipinski definition) is 1. The third kappa shape index (κ3) is 4.50. The molecular formula is C27H23FN4O3. The highest BCUT2D eigenvalue weighted by atomic mass is 19.1. The van der Waals surface area contributed by atoms with Gasteiger partial charge in [-0.15, -0.1) is 0 Å². The van der Waals surface area contributed by atoms with Gasteiger partial charge in [0.15, 0.2) is 0 Å². The summed E-state index contributed by atoms with van der Waals surface area (Å²) in [5, 5.41) is 7.20. The van der Waals surface area contributed by atoms with Crippen LogP contribution >= 0.6 is 0 Å². The molecule has 0 saturated heterocycles. The molecule has 8 heteroatoms. The fourth-order valence-corrected chi connectivity index (χ4v) is 4.13. The fraction of sp³-hybridized carbons (Fsp3) is 0.148. The Labute approximate surface area is 201 Å². The minimum Gasteiger partial charge on any atom is -0.497 e. The predicted octanol–water partition coefficient (Wildman–Crippen LogP) is 5.58. The molecule has 0 fully saturated rings. The lowest BCUT2D eigenvalue weighted by atomic mass is 9.94. The highest BCUT2D eigenvalue weighted by Crippen LogP contribution is 2.38. The zero-order valence-corrected chi connectivity index (χ0v) is 19.2. The van der Waals surface area contributed by atoms with E-state index < -0.39 is 6.04 Å². The Kier molecular flexibility index (Phi) is 6.01. The van der Waals surface area contributed by atoms with Crippen LogP contribution in [0.3, 0.4) is 0 Å². The second kappa shape index (κ2) is 9.42. The number of methoxy groups -OCH3 is 1. The summed E-state index contributed by atoms with van der Waals surface area (Å²) in [5.41, 5.74) is 3.73. The van der Waals surface area contributed by atoms with E-state index in [2.05, 4.69) is 15.5 Å². The SMILES string of the molecule is COc1cccc(-c2noc(C3=C(C)N(Cc4ccccc4)C(=O)NC3c3ccc(F)cc3)n2)c1. The number of halogens is 1. The number of amides is 2. The molecular weight excluding hydrogens is 447 g/mol. The van der Waals surface area contributed by atoms with Crippen LogP contribution in [-0.4, -0.2) is 28.2 Å². The van der Waals surface area contributed by atoms with Crippen molar-refractivity contribution in [2.75, 3.05) is 7.11 Å². The minimum atomic E-state index is -0.589. The summed E-state index contributed by atoms with van der Waals surface area (Å²) in [6, 6.07) is 22.2. The standard InChI is InChI=1S/C27H23FN4O3/c1-17-23(26-30-25(31-35-26)20-9-6-10-22(15-20)34-2)24(19-11-13-21(28)14-12-19)29-27(33)32(17)16-18-7-4-3-5-8-18/h3-15,24H,16H2,1-2H3,(H,29,33). The third-order valence-corrected chi connectivity index (χ3v) is 5.97. The van der Waals surface area contributed by atoms with E-state index in [4.69, 9.17) is 9.26 Å². The molecule has 176 valence electrons. The van der Waals surface area contributed by atoms with E-state index in [1.165, 1.54) is 12.1 Å². The average Bonchev–Trinajstić information content (AvgIpc) is 3.37. The van der Waals surface area contributed by atoms with Gasteiger partial charge in [0.25, 0.3) is 5.89 Å². The molecule has 7 nitrogen and oxygen atoms in total. The van der Waals surface area contributed by atoms with Gasteiger partial charge in [-0.1, -0.05) is 59.8 Å². The monoisotopic (exact) mass is 470 g/mol. The first-order valence-corrected chi connectivity index (χ1v) is 11.1. The van der Waals surface area contributed by atoms with Crippen molar-refractivity contribution in [1.29, 1.82) is 0 Å². The molecule has 1 atom stereocenters. The first-order chi connectivity index (χ1) is 17.0. The molecule has 1 N–H and O–H groups in total. The van der Waals surface area contributed by atoms with Crippen molar-refractivity contribution < 1.29 is 18.4 Å². The molecule has 0 aliphatic carbocycles. The van der Waals surface area contributed by atoms with Gasteiger partial charge in [-0.25, -0.2) is 9.18 Å². The van der Waals surface area contributed by atoms with Gasteiger partial charge in [-0.05, 0) is 42.3 Å². The van der Waals surface area contributed by atoms with Crippen LogP contribution in [0.15, 0.2) is 89.1 Å². The quantitative estimate of drug-likeness (QED) is 0.398. The van der Waals surface area contributed by atoms with E-state index in [0.29, 0.717) is 35.0 Å². The van der Waals surface area contributed by atoms with Crippen molar-refractivity contribution >= 4 is 11.6 Å². The van der Waals surface area contributed by atoms with Gasteiger partial charge in [0.2, 0.25) is 5.82 Å². The Bertz CT molecular complexity index is 1380. The molecule has 1 aliphatic rings. The zero-order valence-electron chi connectivity index (χ0n) is 19.2. The number of nitrogens with zero attached hydrogens (tertiary/aromatic N) is 3. The molecule has 0 saturated carbocycles. The third-order valence-electron chi connectivity index (χ3n) is 5.97. The lowest BCUT2D eigenvalue weighted by Crippen LogP contribution is -2.45. The second-order valence-electron chi connectivity index (χ2n) is 8.16. The van der Waals surface area contributed by atoms with Crippen molar-refractivity contribution in [2.24, 2.45) is 0 Å². The largest absolute Gasteiger partial charge is 0.497 e. The summed E-state index contributed by atoms with van der Waals surface area (Å²) >= 11 is 0. The van der Waals surface area contributed by atoms with Crippen LogP contribution in [0.25, 0.3) is 17.0 Å². The molecule has 4 aromatic rings.